The van der Waals surface area contributed by atoms with E-state index in [0.717, 1.165) is 24.2 Å². The van der Waals surface area contributed by atoms with Crippen LogP contribution < -0.4 is 10.5 Å². The van der Waals surface area contributed by atoms with Crippen molar-refractivity contribution in [3.63, 3.8) is 0 Å². The van der Waals surface area contributed by atoms with Crippen molar-refractivity contribution in [2.24, 2.45) is 5.73 Å². The second kappa shape index (κ2) is 5.01. The molecule has 0 amide bonds. The Bertz CT molecular complexity index is 296. The van der Waals surface area contributed by atoms with Crippen LogP contribution in [-0.2, 0) is 0 Å². The maximum Gasteiger partial charge on any atom is 0.123 e. The molecule has 1 aromatic carbocycles. The first-order chi connectivity index (χ1) is 6.69. The van der Waals surface area contributed by atoms with Crippen LogP contribution in [0, 0.1) is 6.92 Å². The maximum absolute atomic E-state index is 6.05. The average molecular weight is 193 g/mol. The van der Waals surface area contributed by atoms with Gasteiger partial charge in [-0.15, -0.1) is 0 Å². The zero-order valence-corrected chi connectivity index (χ0v) is 9.21. The van der Waals surface area contributed by atoms with Crippen LogP contribution in [-0.4, -0.2) is 7.11 Å². The molecule has 0 aliphatic carbocycles. The summed E-state index contributed by atoms with van der Waals surface area (Å²) in [4.78, 5) is 0. The van der Waals surface area contributed by atoms with Crippen molar-refractivity contribution in [3.05, 3.63) is 29.3 Å². The van der Waals surface area contributed by atoms with Gasteiger partial charge in [-0.3, -0.25) is 0 Å². The van der Waals surface area contributed by atoms with Crippen molar-refractivity contribution in [2.45, 2.75) is 32.7 Å². The summed E-state index contributed by atoms with van der Waals surface area (Å²) in [7, 11) is 1.69. The largest absolute Gasteiger partial charge is 0.496 e. The molecule has 0 radical (unpaired) electrons. The number of benzene rings is 1. The molecule has 0 bridgehead atoms. The van der Waals surface area contributed by atoms with Gasteiger partial charge >= 0.3 is 0 Å². The second-order valence-corrected chi connectivity index (χ2v) is 3.64. The lowest BCUT2D eigenvalue weighted by molar-refractivity contribution is 0.403. The molecule has 2 N–H and O–H groups in total. The summed E-state index contributed by atoms with van der Waals surface area (Å²) in [5.74, 6) is 0.908. The molecule has 0 fully saturated rings. The molecule has 2 heteroatoms. The normalized spacial score (nSPS) is 12.6. The lowest BCUT2D eigenvalue weighted by Gasteiger charge is -2.15. The van der Waals surface area contributed by atoms with Gasteiger partial charge in [0.25, 0.3) is 0 Å². The van der Waals surface area contributed by atoms with E-state index in [4.69, 9.17) is 10.5 Å². The summed E-state index contributed by atoms with van der Waals surface area (Å²) in [6.07, 6.45) is 2.09. The molecule has 0 aromatic heterocycles. The van der Waals surface area contributed by atoms with E-state index in [9.17, 15) is 0 Å². The Hall–Kier alpha value is -1.02. The number of hydrogen-bond donors (Lipinski definition) is 1. The molecule has 0 saturated heterocycles. The Morgan fingerprint density at radius 1 is 1.43 bits per heavy atom. The van der Waals surface area contributed by atoms with Crippen molar-refractivity contribution < 1.29 is 4.74 Å². The number of nitrogens with two attached hydrogens (primary N) is 1. The summed E-state index contributed by atoms with van der Waals surface area (Å²) in [5.41, 5.74) is 8.37. The predicted molar refractivity (Wildman–Crippen MR) is 59.6 cm³/mol. The van der Waals surface area contributed by atoms with E-state index in [2.05, 4.69) is 26.0 Å². The first-order valence-electron chi connectivity index (χ1n) is 5.09. The summed E-state index contributed by atoms with van der Waals surface area (Å²) in [5, 5.41) is 0. The van der Waals surface area contributed by atoms with Crippen LogP contribution >= 0.6 is 0 Å². The first kappa shape index (κ1) is 11.1. The van der Waals surface area contributed by atoms with Crippen LogP contribution in [0.3, 0.4) is 0 Å². The van der Waals surface area contributed by atoms with E-state index in [0.29, 0.717) is 0 Å². The Morgan fingerprint density at radius 3 is 2.71 bits per heavy atom. The fourth-order valence-electron chi connectivity index (χ4n) is 1.59. The van der Waals surface area contributed by atoms with E-state index in [1.54, 1.807) is 7.11 Å². The maximum atomic E-state index is 6.05. The van der Waals surface area contributed by atoms with Crippen molar-refractivity contribution in [1.29, 1.82) is 0 Å². The Kier molecular flexibility index (Phi) is 3.96. The molecule has 1 aromatic rings. The van der Waals surface area contributed by atoms with Gasteiger partial charge in [-0.05, 0) is 25.0 Å². The number of rotatable bonds is 4. The van der Waals surface area contributed by atoms with Gasteiger partial charge in [0, 0.05) is 11.6 Å². The zero-order chi connectivity index (χ0) is 10.6. The summed E-state index contributed by atoms with van der Waals surface area (Å²) in [6.45, 7) is 4.19. The Morgan fingerprint density at radius 2 is 2.14 bits per heavy atom. The predicted octanol–water partition coefficient (Wildman–Crippen LogP) is 2.80. The lowest BCUT2D eigenvalue weighted by Crippen LogP contribution is -2.11. The molecule has 1 atom stereocenters. The van der Waals surface area contributed by atoms with E-state index in [-0.39, 0.29) is 6.04 Å². The minimum absolute atomic E-state index is 0.0931. The second-order valence-electron chi connectivity index (χ2n) is 3.64. The molecule has 0 aliphatic rings. The van der Waals surface area contributed by atoms with E-state index in [1.807, 2.05) is 6.07 Å². The van der Waals surface area contributed by atoms with Crippen molar-refractivity contribution in [1.82, 2.24) is 0 Å². The molecule has 0 spiro atoms. The van der Waals surface area contributed by atoms with E-state index < -0.39 is 0 Å². The van der Waals surface area contributed by atoms with E-state index in [1.165, 1.54) is 5.56 Å². The van der Waals surface area contributed by atoms with Crippen LogP contribution in [0.4, 0.5) is 0 Å². The van der Waals surface area contributed by atoms with Crippen molar-refractivity contribution in [2.75, 3.05) is 7.11 Å². The van der Waals surface area contributed by atoms with Gasteiger partial charge in [-0.25, -0.2) is 0 Å². The number of methoxy groups -OCH3 is 1. The molecule has 78 valence electrons. The monoisotopic (exact) mass is 193 g/mol. The van der Waals surface area contributed by atoms with Gasteiger partial charge in [0.15, 0.2) is 0 Å². The van der Waals surface area contributed by atoms with Crippen LogP contribution in [0.15, 0.2) is 18.2 Å². The molecule has 1 unspecified atom stereocenters. The minimum atomic E-state index is 0.0931. The highest BCUT2D eigenvalue weighted by atomic mass is 16.5. The topological polar surface area (TPSA) is 35.2 Å². The summed E-state index contributed by atoms with van der Waals surface area (Å²) < 4.78 is 5.31. The van der Waals surface area contributed by atoms with Gasteiger partial charge in [-0.1, -0.05) is 25.5 Å². The molecule has 14 heavy (non-hydrogen) atoms. The molecule has 0 heterocycles. The fraction of sp³-hybridized carbons (Fsp3) is 0.500. The van der Waals surface area contributed by atoms with Crippen LogP contribution in [0.2, 0.25) is 0 Å². The van der Waals surface area contributed by atoms with Gasteiger partial charge in [0.05, 0.1) is 7.11 Å². The van der Waals surface area contributed by atoms with Gasteiger partial charge in [0.2, 0.25) is 0 Å². The third kappa shape index (κ3) is 2.48. The standard InChI is InChI=1S/C12H19NO/c1-4-5-11(13)10-7-6-9(2)8-12(10)14-3/h6-8,11H,4-5,13H2,1-3H3. The summed E-state index contributed by atoms with van der Waals surface area (Å²) >= 11 is 0. The summed E-state index contributed by atoms with van der Waals surface area (Å²) in [6, 6.07) is 6.27. The van der Waals surface area contributed by atoms with Crippen LogP contribution in [0.25, 0.3) is 0 Å². The number of ether oxygens (including phenoxy) is 1. The number of hydrogen-bond acceptors (Lipinski definition) is 2. The Balaban J connectivity index is 2.95. The molecule has 0 saturated carbocycles. The Labute approximate surface area is 86.1 Å². The van der Waals surface area contributed by atoms with Crippen molar-refractivity contribution >= 4 is 0 Å². The van der Waals surface area contributed by atoms with Gasteiger partial charge in [-0.2, -0.15) is 0 Å². The molecular weight excluding hydrogens is 174 g/mol. The van der Waals surface area contributed by atoms with Crippen LogP contribution in [0.1, 0.15) is 36.9 Å². The lowest BCUT2D eigenvalue weighted by atomic mass is 10.0. The van der Waals surface area contributed by atoms with E-state index >= 15 is 0 Å². The third-order valence-electron chi connectivity index (χ3n) is 2.39. The molecule has 1 rings (SSSR count). The number of aryl methyl sites for hydroxylation is 1. The van der Waals surface area contributed by atoms with Gasteiger partial charge < -0.3 is 10.5 Å². The zero-order valence-electron chi connectivity index (χ0n) is 9.21. The third-order valence-corrected chi connectivity index (χ3v) is 2.39. The minimum Gasteiger partial charge on any atom is -0.496 e. The van der Waals surface area contributed by atoms with Gasteiger partial charge in [0.1, 0.15) is 5.75 Å². The highest BCUT2D eigenvalue weighted by Crippen LogP contribution is 2.27. The average Bonchev–Trinajstić information content (AvgIpc) is 2.17. The first-order valence-corrected chi connectivity index (χ1v) is 5.09. The molecular formula is C12H19NO. The fourth-order valence-corrected chi connectivity index (χ4v) is 1.59. The molecule has 0 aliphatic heterocycles. The van der Waals surface area contributed by atoms with Crippen LogP contribution in [0.5, 0.6) is 5.75 Å². The SMILES string of the molecule is CCCC(N)c1ccc(C)cc1OC. The highest BCUT2D eigenvalue weighted by Gasteiger charge is 2.10. The quantitative estimate of drug-likeness (QED) is 0.798. The smallest absolute Gasteiger partial charge is 0.123 e. The molecule has 2 nitrogen and oxygen atoms in total. The van der Waals surface area contributed by atoms with Crippen molar-refractivity contribution in [3.8, 4) is 5.75 Å². The highest BCUT2D eigenvalue weighted by molar-refractivity contribution is 5.39.